The van der Waals surface area contributed by atoms with E-state index in [-0.39, 0.29) is 23.8 Å². The molecular weight excluding hydrogens is 334 g/mol. The van der Waals surface area contributed by atoms with Crippen molar-refractivity contribution in [3.05, 3.63) is 16.7 Å². The Morgan fingerprint density at radius 2 is 2.16 bits per heavy atom. The van der Waals surface area contributed by atoms with E-state index < -0.39 is 36.7 Å². The first-order valence-corrected chi connectivity index (χ1v) is 7.47. The summed E-state index contributed by atoms with van der Waals surface area (Å²) >= 11 is 0. The molecule has 4 unspecified atom stereocenters. The van der Waals surface area contributed by atoms with E-state index in [1.54, 1.807) is 6.92 Å². The van der Waals surface area contributed by atoms with Crippen molar-refractivity contribution in [1.29, 1.82) is 0 Å². The Bertz CT molecular complexity index is 872. The molecule has 12 nitrogen and oxygen atoms in total. The minimum atomic E-state index is -1.34. The van der Waals surface area contributed by atoms with Crippen molar-refractivity contribution in [2.45, 2.75) is 38.1 Å². The summed E-state index contributed by atoms with van der Waals surface area (Å²) in [5.74, 6) is 0.182. The summed E-state index contributed by atoms with van der Waals surface area (Å²) in [6.45, 7) is 1.08. The molecule has 0 aliphatic carbocycles. The van der Waals surface area contributed by atoms with Gasteiger partial charge in [0.1, 0.15) is 25.0 Å². The predicted molar refractivity (Wildman–Crippen MR) is 86.5 cm³/mol. The number of aliphatic imine (C=N–C) groups is 1. The summed E-state index contributed by atoms with van der Waals surface area (Å²) in [7, 11) is 0. The molecule has 2 aromatic heterocycles. The highest BCUT2D eigenvalue weighted by Crippen LogP contribution is 2.31. The Kier molecular flexibility index (Phi) is 4.43. The highest BCUT2D eigenvalue weighted by Gasteiger charge is 2.44. The Labute approximate surface area is 141 Å². The van der Waals surface area contributed by atoms with Crippen molar-refractivity contribution in [2.75, 3.05) is 12.3 Å². The Morgan fingerprint density at radius 1 is 1.44 bits per heavy atom. The zero-order valence-electron chi connectivity index (χ0n) is 13.3. The highest BCUT2D eigenvalue weighted by molar-refractivity contribution is 5.77. The maximum absolute atomic E-state index is 12.1. The van der Waals surface area contributed by atoms with E-state index in [0.29, 0.717) is 5.84 Å². The SMILES string of the molecule is C/C(N)=N\Cn1c(N)nc(=O)c2ncn(C3OC(CO)C(O)C3O)c21. The number of nitrogens with zero attached hydrogens (tertiary/aromatic N) is 5. The van der Waals surface area contributed by atoms with E-state index in [0.717, 1.165) is 0 Å². The molecule has 0 saturated carbocycles. The zero-order valence-corrected chi connectivity index (χ0v) is 13.3. The smallest absolute Gasteiger partial charge is 0.302 e. The van der Waals surface area contributed by atoms with Crippen molar-refractivity contribution >= 4 is 22.9 Å². The van der Waals surface area contributed by atoms with Crippen LogP contribution < -0.4 is 17.0 Å². The first kappa shape index (κ1) is 17.3. The lowest BCUT2D eigenvalue weighted by Gasteiger charge is -2.19. The molecule has 12 heteroatoms. The molecule has 0 spiro atoms. The fourth-order valence-electron chi connectivity index (χ4n) is 2.72. The molecule has 1 saturated heterocycles. The fraction of sp³-hybridized carbons (Fsp3) is 0.538. The van der Waals surface area contributed by atoms with Crippen LogP contribution in [0.4, 0.5) is 5.95 Å². The van der Waals surface area contributed by atoms with Crippen LogP contribution in [0.1, 0.15) is 13.2 Å². The molecule has 2 aromatic rings. The van der Waals surface area contributed by atoms with Gasteiger partial charge in [-0.25, -0.2) is 4.98 Å². The van der Waals surface area contributed by atoms with E-state index in [9.17, 15) is 20.1 Å². The molecular formula is C13H19N7O5. The number of hydrogen-bond donors (Lipinski definition) is 5. The monoisotopic (exact) mass is 353 g/mol. The van der Waals surface area contributed by atoms with Gasteiger partial charge in [-0.2, -0.15) is 4.98 Å². The third kappa shape index (κ3) is 2.84. The Balaban J connectivity index is 2.17. The predicted octanol–water partition coefficient (Wildman–Crippen LogP) is -2.88. The minimum absolute atomic E-state index is 0.00295. The number of imidazole rings is 1. The van der Waals surface area contributed by atoms with Gasteiger partial charge in [-0.15, -0.1) is 0 Å². The molecule has 25 heavy (non-hydrogen) atoms. The van der Waals surface area contributed by atoms with Gasteiger partial charge in [0.25, 0.3) is 0 Å². The summed E-state index contributed by atoms with van der Waals surface area (Å²) in [5.41, 5.74) is 10.9. The second-order valence-electron chi connectivity index (χ2n) is 5.70. The summed E-state index contributed by atoms with van der Waals surface area (Å²) in [4.78, 5) is 23.8. The molecule has 7 N–H and O–H groups in total. The van der Waals surface area contributed by atoms with Crippen LogP contribution in [0.3, 0.4) is 0 Å². The van der Waals surface area contributed by atoms with Gasteiger partial charge in [0, 0.05) is 0 Å². The van der Waals surface area contributed by atoms with E-state index in [4.69, 9.17) is 16.2 Å². The van der Waals surface area contributed by atoms with Gasteiger partial charge >= 0.3 is 5.56 Å². The number of fused-ring (bicyclic) bond motifs is 1. The lowest BCUT2D eigenvalue weighted by molar-refractivity contribution is -0.0513. The number of rotatable bonds is 4. The van der Waals surface area contributed by atoms with E-state index in [2.05, 4.69) is 15.0 Å². The zero-order chi connectivity index (χ0) is 18.3. The maximum atomic E-state index is 12.1. The lowest BCUT2D eigenvalue weighted by Crippen LogP contribution is -2.33. The quantitative estimate of drug-likeness (QED) is 0.284. The average Bonchev–Trinajstić information content (AvgIpc) is 3.10. The van der Waals surface area contributed by atoms with Crippen LogP contribution in [0, 0.1) is 0 Å². The van der Waals surface area contributed by atoms with Crippen LogP contribution in [0.5, 0.6) is 0 Å². The van der Waals surface area contributed by atoms with Crippen molar-refractivity contribution in [3.8, 4) is 0 Å². The number of ether oxygens (including phenoxy) is 1. The van der Waals surface area contributed by atoms with Crippen LogP contribution in [-0.2, 0) is 11.4 Å². The van der Waals surface area contributed by atoms with Crippen molar-refractivity contribution < 1.29 is 20.1 Å². The number of aliphatic hydroxyl groups is 3. The second-order valence-corrected chi connectivity index (χ2v) is 5.70. The summed E-state index contributed by atoms with van der Waals surface area (Å²) < 4.78 is 8.21. The van der Waals surface area contributed by atoms with Gasteiger partial charge in [0.05, 0.1) is 18.8 Å². The Hall–Kier alpha value is -2.54. The highest BCUT2D eigenvalue weighted by atomic mass is 16.6. The number of anilines is 1. The van der Waals surface area contributed by atoms with Crippen molar-refractivity contribution in [3.63, 3.8) is 0 Å². The molecule has 0 amide bonds. The number of nitrogens with two attached hydrogens (primary N) is 2. The third-order valence-corrected chi connectivity index (χ3v) is 3.97. The minimum Gasteiger partial charge on any atom is -0.394 e. The van der Waals surface area contributed by atoms with Crippen LogP contribution in [0.2, 0.25) is 0 Å². The van der Waals surface area contributed by atoms with Crippen molar-refractivity contribution in [2.24, 2.45) is 10.7 Å². The van der Waals surface area contributed by atoms with Gasteiger partial charge in [-0.05, 0) is 6.92 Å². The normalized spacial score (nSPS) is 27.3. The molecule has 0 radical (unpaired) electrons. The number of amidine groups is 1. The first-order valence-electron chi connectivity index (χ1n) is 7.47. The lowest BCUT2D eigenvalue weighted by atomic mass is 10.1. The molecule has 3 heterocycles. The second kappa shape index (κ2) is 6.40. The maximum Gasteiger partial charge on any atom is 0.302 e. The Morgan fingerprint density at radius 3 is 2.76 bits per heavy atom. The molecule has 4 atom stereocenters. The summed E-state index contributed by atoms with van der Waals surface area (Å²) in [5, 5.41) is 29.4. The van der Waals surface area contributed by atoms with Crippen LogP contribution >= 0.6 is 0 Å². The van der Waals surface area contributed by atoms with Crippen LogP contribution in [-0.4, -0.2) is 65.2 Å². The number of aromatic nitrogens is 4. The van der Waals surface area contributed by atoms with Gasteiger partial charge < -0.3 is 31.5 Å². The van der Waals surface area contributed by atoms with E-state index >= 15 is 0 Å². The summed E-state index contributed by atoms with van der Waals surface area (Å²) in [6, 6.07) is 0. The third-order valence-electron chi connectivity index (χ3n) is 3.97. The number of nitrogen functional groups attached to an aromatic ring is 1. The van der Waals surface area contributed by atoms with Crippen LogP contribution in [0.25, 0.3) is 11.2 Å². The molecule has 136 valence electrons. The number of hydrogen-bond acceptors (Lipinski definition) is 9. The molecule has 1 fully saturated rings. The molecule has 3 rings (SSSR count). The van der Waals surface area contributed by atoms with Gasteiger partial charge in [-0.1, -0.05) is 0 Å². The largest absolute Gasteiger partial charge is 0.394 e. The standard InChI is InChI=1S/C13H19N7O5/c1-5(14)16-3-20-11-7(10(24)18-13(20)15)17-4-19(11)12-9(23)8(22)6(2-21)25-12/h4,6,8-9,12,21-23H,2-3H2,1H3,(H2,14,16)(H2,15,18,24). The molecule has 1 aliphatic heterocycles. The van der Waals surface area contributed by atoms with Crippen LogP contribution in [0.15, 0.2) is 16.1 Å². The number of aliphatic hydroxyl groups excluding tert-OH is 3. The van der Waals surface area contributed by atoms with E-state index in [1.165, 1.54) is 15.5 Å². The molecule has 0 aromatic carbocycles. The summed E-state index contributed by atoms with van der Waals surface area (Å²) in [6.07, 6.45) is -3.42. The average molecular weight is 353 g/mol. The van der Waals surface area contributed by atoms with Crippen molar-refractivity contribution in [1.82, 2.24) is 19.1 Å². The fourth-order valence-corrected chi connectivity index (χ4v) is 2.72. The van der Waals surface area contributed by atoms with Gasteiger partial charge in [-0.3, -0.25) is 18.9 Å². The van der Waals surface area contributed by atoms with Gasteiger partial charge in [0.15, 0.2) is 17.4 Å². The topological polar surface area (TPSA) is 187 Å². The first-order chi connectivity index (χ1) is 11.8. The molecule has 1 aliphatic rings. The van der Waals surface area contributed by atoms with E-state index in [1.807, 2.05) is 0 Å². The van der Waals surface area contributed by atoms with Gasteiger partial charge in [0.2, 0.25) is 5.95 Å². The molecule has 0 bridgehead atoms.